The molecule has 4 heteroatoms. The van der Waals surface area contributed by atoms with E-state index in [0.717, 1.165) is 32.0 Å². The lowest BCUT2D eigenvalue weighted by molar-refractivity contribution is 0.229. The van der Waals surface area contributed by atoms with Gasteiger partial charge < -0.3 is 5.11 Å². The van der Waals surface area contributed by atoms with Crippen LogP contribution in [0.15, 0.2) is 18.2 Å². The van der Waals surface area contributed by atoms with Gasteiger partial charge in [-0.2, -0.15) is 0 Å². The summed E-state index contributed by atoms with van der Waals surface area (Å²) in [5.41, 5.74) is 1.21. The number of aliphatic hydroxyl groups is 1. The number of halogens is 2. The monoisotopic (exact) mass is 287 g/mol. The van der Waals surface area contributed by atoms with Gasteiger partial charge >= 0.3 is 0 Å². The van der Waals surface area contributed by atoms with Crippen molar-refractivity contribution in [2.75, 3.05) is 13.2 Å². The predicted molar refractivity (Wildman–Crippen MR) is 76.2 cm³/mol. The van der Waals surface area contributed by atoms with Crippen molar-refractivity contribution in [1.29, 1.82) is 0 Å². The van der Waals surface area contributed by atoms with E-state index in [1.807, 2.05) is 18.2 Å². The fourth-order valence-corrected chi connectivity index (χ4v) is 2.45. The van der Waals surface area contributed by atoms with Gasteiger partial charge in [-0.3, -0.25) is 4.90 Å². The maximum Gasteiger partial charge on any atom is 0.0595 e. The minimum Gasteiger partial charge on any atom is -0.396 e. The first kappa shape index (κ1) is 14.1. The molecular formula is C14H19Cl2NO. The van der Waals surface area contributed by atoms with Crippen LogP contribution in [0.2, 0.25) is 10.0 Å². The molecule has 1 fully saturated rings. The van der Waals surface area contributed by atoms with Crippen LogP contribution in [0.3, 0.4) is 0 Å². The molecule has 0 unspecified atom stereocenters. The predicted octanol–water partition coefficient (Wildman–Crippen LogP) is 3.73. The van der Waals surface area contributed by atoms with Crippen LogP contribution in [0.25, 0.3) is 0 Å². The number of nitrogens with zero attached hydrogens (tertiary/aromatic N) is 1. The fraction of sp³-hybridized carbons (Fsp3) is 0.571. The van der Waals surface area contributed by atoms with Gasteiger partial charge in [0.1, 0.15) is 0 Å². The Hall–Kier alpha value is -0.280. The molecule has 1 saturated carbocycles. The number of hydrogen-bond acceptors (Lipinski definition) is 2. The lowest BCUT2D eigenvalue weighted by Gasteiger charge is -2.22. The summed E-state index contributed by atoms with van der Waals surface area (Å²) in [6.45, 7) is 2.25. The largest absolute Gasteiger partial charge is 0.396 e. The third-order valence-corrected chi connectivity index (χ3v) is 4.03. The molecule has 2 nitrogen and oxygen atoms in total. The van der Waals surface area contributed by atoms with E-state index in [0.29, 0.717) is 10.0 Å². The summed E-state index contributed by atoms with van der Waals surface area (Å²) in [4.78, 5) is 2.48. The summed E-state index contributed by atoms with van der Waals surface area (Å²) in [6.07, 6.45) is 4.51. The molecule has 0 saturated heterocycles. The van der Waals surface area contributed by atoms with E-state index < -0.39 is 0 Å². The van der Waals surface area contributed by atoms with Gasteiger partial charge in [0, 0.05) is 19.2 Å². The van der Waals surface area contributed by atoms with Crippen molar-refractivity contribution in [2.45, 2.75) is 38.3 Å². The number of aliphatic hydroxyl groups excluding tert-OH is 1. The van der Waals surface area contributed by atoms with Crippen molar-refractivity contribution < 1.29 is 5.11 Å². The highest BCUT2D eigenvalue weighted by Crippen LogP contribution is 2.30. The van der Waals surface area contributed by atoms with Crippen LogP contribution < -0.4 is 0 Å². The summed E-state index contributed by atoms with van der Waals surface area (Å²) >= 11 is 12.0. The van der Waals surface area contributed by atoms with E-state index in [2.05, 4.69) is 4.90 Å². The SMILES string of the molecule is OCCCCN(Cc1ccc(Cl)c(Cl)c1)C1CC1. The molecule has 1 aliphatic rings. The van der Waals surface area contributed by atoms with E-state index in [4.69, 9.17) is 28.3 Å². The Morgan fingerprint density at radius 3 is 2.56 bits per heavy atom. The molecule has 1 aromatic rings. The van der Waals surface area contributed by atoms with Crippen LogP contribution >= 0.6 is 23.2 Å². The van der Waals surface area contributed by atoms with Crippen LogP contribution in [0.4, 0.5) is 0 Å². The van der Waals surface area contributed by atoms with Crippen LogP contribution in [0, 0.1) is 0 Å². The quantitative estimate of drug-likeness (QED) is 0.773. The van der Waals surface area contributed by atoms with Crippen LogP contribution in [-0.4, -0.2) is 29.2 Å². The molecule has 1 N–H and O–H groups in total. The van der Waals surface area contributed by atoms with Gasteiger partial charge in [-0.25, -0.2) is 0 Å². The third-order valence-electron chi connectivity index (χ3n) is 3.29. The number of rotatable bonds is 7. The second-order valence-electron chi connectivity index (χ2n) is 4.88. The molecule has 0 heterocycles. The molecule has 0 radical (unpaired) electrons. The highest BCUT2D eigenvalue weighted by molar-refractivity contribution is 6.42. The Morgan fingerprint density at radius 1 is 1.17 bits per heavy atom. The van der Waals surface area contributed by atoms with Gasteiger partial charge in [-0.05, 0) is 49.9 Å². The van der Waals surface area contributed by atoms with E-state index in [-0.39, 0.29) is 6.61 Å². The second-order valence-corrected chi connectivity index (χ2v) is 5.70. The van der Waals surface area contributed by atoms with Gasteiger partial charge in [0.05, 0.1) is 10.0 Å². The van der Waals surface area contributed by atoms with Crippen LogP contribution in [0.5, 0.6) is 0 Å². The average molecular weight is 288 g/mol. The smallest absolute Gasteiger partial charge is 0.0595 e. The average Bonchev–Trinajstić information content (AvgIpc) is 3.17. The van der Waals surface area contributed by atoms with Crippen molar-refractivity contribution in [3.63, 3.8) is 0 Å². The minimum absolute atomic E-state index is 0.283. The molecule has 0 aliphatic heterocycles. The topological polar surface area (TPSA) is 23.5 Å². The summed E-state index contributed by atoms with van der Waals surface area (Å²) in [5.74, 6) is 0. The zero-order valence-corrected chi connectivity index (χ0v) is 11.9. The first-order chi connectivity index (χ1) is 8.70. The molecule has 1 aliphatic carbocycles. The molecule has 0 amide bonds. The van der Waals surface area contributed by atoms with E-state index >= 15 is 0 Å². The lowest BCUT2D eigenvalue weighted by Crippen LogP contribution is -2.26. The first-order valence-electron chi connectivity index (χ1n) is 6.49. The number of hydrogen-bond donors (Lipinski definition) is 1. The van der Waals surface area contributed by atoms with Crippen LogP contribution in [0.1, 0.15) is 31.2 Å². The molecule has 0 spiro atoms. The van der Waals surface area contributed by atoms with Gasteiger partial charge in [0.2, 0.25) is 0 Å². The Labute approximate surface area is 119 Å². The summed E-state index contributed by atoms with van der Waals surface area (Å²) < 4.78 is 0. The molecule has 0 atom stereocenters. The summed E-state index contributed by atoms with van der Waals surface area (Å²) in [6, 6.07) is 6.57. The Balaban J connectivity index is 1.92. The number of benzene rings is 1. The zero-order valence-electron chi connectivity index (χ0n) is 10.4. The minimum atomic E-state index is 0.283. The Kier molecular flexibility index (Phi) is 5.31. The van der Waals surface area contributed by atoms with E-state index in [9.17, 15) is 0 Å². The standard InChI is InChI=1S/C14H19Cl2NO/c15-13-6-3-11(9-14(13)16)10-17(12-4-5-12)7-1-2-8-18/h3,6,9,12,18H,1-2,4-5,7-8,10H2. The molecule has 0 bridgehead atoms. The van der Waals surface area contributed by atoms with E-state index in [1.165, 1.54) is 18.4 Å². The highest BCUT2D eigenvalue weighted by Gasteiger charge is 2.28. The molecule has 1 aromatic carbocycles. The van der Waals surface area contributed by atoms with Crippen molar-refractivity contribution >= 4 is 23.2 Å². The van der Waals surface area contributed by atoms with Gasteiger partial charge in [0.25, 0.3) is 0 Å². The van der Waals surface area contributed by atoms with Crippen molar-refractivity contribution in [1.82, 2.24) is 4.90 Å². The first-order valence-corrected chi connectivity index (χ1v) is 7.25. The highest BCUT2D eigenvalue weighted by atomic mass is 35.5. The van der Waals surface area contributed by atoms with E-state index in [1.54, 1.807) is 0 Å². The van der Waals surface area contributed by atoms with Crippen molar-refractivity contribution in [2.24, 2.45) is 0 Å². The molecule has 18 heavy (non-hydrogen) atoms. The molecular weight excluding hydrogens is 269 g/mol. The Morgan fingerprint density at radius 2 is 1.94 bits per heavy atom. The normalized spacial score (nSPS) is 15.3. The van der Waals surface area contributed by atoms with Gasteiger partial charge in [0.15, 0.2) is 0 Å². The number of unbranched alkanes of at least 4 members (excludes halogenated alkanes) is 1. The second kappa shape index (κ2) is 6.76. The Bertz CT molecular complexity index is 393. The fourth-order valence-electron chi connectivity index (χ4n) is 2.13. The van der Waals surface area contributed by atoms with Gasteiger partial charge in [-0.1, -0.05) is 29.3 Å². The molecule has 100 valence electrons. The van der Waals surface area contributed by atoms with Crippen molar-refractivity contribution in [3.8, 4) is 0 Å². The summed E-state index contributed by atoms with van der Waals surface area (Å²) in [5, 5.41) is 10.1. The maximum atomic E-state index is 8.84. The molecule has 2 rings (SSSR count). The summed E-state index contributed by atoms with van der Waals surface area (Å²) in [7, 11) is 0. The third kappa shape index (κ3) is 4.13. The lowest BCUT2D eigenvalue weighted by atomic mass is 10.2. The van der Waals surface area contributed by atoms with Gasteiger partial charge in [-0.15, -0.1) is 0 Å². The zero-order chi connectivity index (χ0) is 13.0. The van der Waals surface area contributed by atoms with Crippen molar-refractivity contribution in [3.05, 3.63) is 33.8 Å². The maximum absolute atomic E-state index is 8.84. The van der Waals surface area contributed by atoms with Crippen LogP contribution in [-0.2, 0) is 6.54 Å². The molecule has 0 aromatic heterocycles.